The van der Waals surface area contributed by atoms with Crippen LogP contribution in [0.2, 0.25) is 0 Å². The van der Waals surface area contributed by atoms with Gasteiger partial charge in [-0.3, -0.25) is 9.59 Å². The maximum Gasteiger partial charge on any atom is 0.258 e. The van der Waals surface area contributed by atoms with Crippen LogP contribution >= 0.6 is 15.9 Å². The topological polar surface area (TPSA) is 67.4 Å². The second kappa shape index (κ2) is 9.84. The van der Waals surface area contributed by atoms with Crippen molar-refractivity contribution < 1.29 is 14.3 Å². The van der Waals surface area contributed by atoms with Crippen LogP contribution in [0.1, 0.15) is 22.8 Å². The number of carbonyl (C=O) groups is 2. The number of hydrogen-bond donors (Lipinski definition) is 2. The van der Waals surface area contributed by atoms with Crippen LogP contribution in [0.15, 0.2) is 53.0 Å². The molecule has 0 fully saturated rings. The number of nitrogens with one attached hydrogen (secondary N) is 2. The molecule has 0 saturated carbocycles. The number of benzene rings is 2. The number of carbonyl (C=O) groups excluding carboxylic acids is 2. The largest absolute Gasteiger partial charge is 0.483 e. The van der Waals surface area contributed by atoms with E-state index in [-0.39, 0.29) is 18.4 Å². The van der Waals surface area contributed by atoms with Gasteiger partial charge in [-0.25, -0.2) is 0 Å². The van der Waals surface area contributed by atoms with Gasteiger partial charge in [0, 0.05) is 17.6 Å². The van der Waals surface area contributed by atoms with E-state index < -0.39 is 0 Å². The Hall–Kier alpha value is -2.34. The molecule has 0 heterocycles. The minimum Gasteiger partial charge on any atom is -0.483 e. The van der Waals surface area contributed by atoms with E-state index >= 15 is 0 Å². The molecule has 2 rings (SSSR count). The highest BCUT2D eigenvalue weighted by Crippen LogP contribution is 2.18. The normalized spacial score (nSPS) is 10.2. The zero-order valence-electron chi connectivity index (χ0n) is 14.0. The first-order valence-corrected chi connectivity index (χ1v) is 8.91. The predicted octanol–water partition coefficient (Wildman–Crippen LogP) is 2.94. The SMILES string of the molecule is CCc1ccccc1OCC(=O)NCCNC(=O)c1ccccc1Br. The summed E-state index contributed by atoms with van der Waals surface area (Å²) in [5.74, 6) is 0.318. The van der Waals surface area contributed by atoms with Gasteiger partial charge in [-0.05, 0) is 46.1 Å². The van der Waals surface area contributed by atoms with Crippen LogP contribution in [0.3, 0.4) is 0 Å². The fourth-order valence-electron chi connectivity index (χ4n) is 2.25. The summed E-state index contributed by atoms with van der Waals surface area (Å²) >= 11 is 3.34. The van der Waals surface area contributed by atoms with Crippen LogP contribution in [-0.4, -0.2) is 31.5 Å². The smallest absolute Gasteiger partial charge is 0.258 e. The van der Waals surface area contributed by atoms with Crippen molar-refractivity contribution in [2.75, 3.05) is 19.7 Å². The first kappa shape index (κ1) is 19.0. The Morgan fingerprint density at radius 1 is 1.00 bits per heavy atom. The Balaban J connectivity index is 1.69. The Kier molecular flexibility index (Phi) is 7.47. The summed E-state index contributed by atoms with van der Waals surface area (Å²) in [5.41, 5.74) is 1.63. The molecule has 0 unspecified atom stereocenters. The minimum absolute atomic E-state index is 0.0464. The van der Waals surface area contributed by atoms with Gasteiger partial charge in [0.1, 0.15) is 5.75 Å². The predicted molar refractivity (Wildman–Crippen MR) is 101 cm³/mol. The number of amides is 2. The van der Waals surface area contributed by atoms with Crippen molar-refractivity contribution in [3.8, 4) is 5.75 Å². The Morgan fingerprint density at radius 3 is 2.44 bits per heavy atom. The van der Waals surface area contributed by atoms with Gasteiger partial charge in [-0.15, -0.1) is 0 Å². The molecule has 0 radical (unpaired) electrons. The third-order valence-corrected chi connectivity index (χ3v) is 4.25. The molecule has 0 aliphatic heterocycles. The van der Waals surface area contributed by atoms with E-state index in [0.717, 1.165) is 22.2 Å². The number of halogens is 1. The molecule has 0 aliphatic rings. The summed E-state index contributed by atoms with van der Waals surface area (Å²) in [6.07, 6.45) is 0.846. The van der Waals surface area contributed by atoms with E-state index in [1.807, 2.05) is 43.3 Å². The van der Waals surface area contributed by atoms with Crippen LogP contribution < -0.4 is 15.4 Å². The van der Waals surface area contributed by atoms with E-state index in [1.54, 1.807) is 12.1 Å². The lowest BCUT2D eigenvalue weighted by atomic mass is 10.1. The first-order chi connectivity index (χ1) is 12.1. The zero-order valence-corrected chi connectivity index (χ0v) is 15.6. The summed E-state index contributed by atoms with van der Waals surface area (Å²) in [4.78, 5) is 23.8. The highest BCUT2D eigenvalue weighted by atomic mass is 79.9. The average Bonchev–Trinajstić information content (AvgIpc) is 2.64. The Labute approximate surface area is 155 Å². The van der Waals surface area contributed by atoms with E-state index in [4.69, 9.17) is 4.74 Å². The van der Waals surface area contributed by atoms with Gasteiger partial charge in [0.2, 0.25) is 0 Å². The molecule has 2 aromatic rings. The van der Waals surface area contributed by atoms with E-state index in [2.05, 4.69) is 26.6 Å². The number of para-hydroxylation sites is 1. The molecular weight excluding hydrogens is 384 g/mol. The van der Waals surface area contributed by atoms with Crippen LogP contribution in [0.25, 0.3) is 0 Å². The molecule has 0 spiro atoms. The maximum atomic E-state index is 12.0. The zero-order chi connectivity index (χ0) is 18.1. The van der Waals surface area contributed by atoms with Gasteiger partial charge in [0.05, 0.1) is 5.56 Å². The van der Waals surface area contributed by atoms with Crippen molar-refractivity contribution in [3.63, 3.8) is 0 Å². The summed E-state index contributed by atoms with van der Waals surface area (Å²) in [6, 6.07) is 14.8. The summed E-state index contributed by atoms with van der Waals surface area (Å²) in [7, 11) is 0. The minimum atomic E-state index is -0.221. The van der Waals surface area contributed by atoms with Crippen LogP contribution in [0.5, 0.6) is 5.75 Å². The molecule has 0 bridgehead atoms. The van der Waals surface area contributed by atoms with Crippen molar-refractivity contribution in [3.05, 3.63) is 64.1 Å². The van der Waals surface area contributed by atoms with Gasteiger partial charge in [-0.2, -0.15) is 0 Å². The van der Waals surface area contributed by atoms with E-state index in [9.17, 15) is 9.59 Å². The van der Waals surface area contributed by atoms with Crippen molar-refractivity contribution in [1.82, 2.24) is 10.6 Å². The quantitative estimate of drug-likeness (QED) is 0.664. The highest BCUT2D eigenvalue weighted by molar-refractivity contribution is 9.10. The fraction of sp³-hybridized carbons (Fsp3) is 0.263. The second-order valence-corrected chi connectivity index (χ2v) is 6.19. The van der Waals surface area contributed by atoms with E-state index in [1.165, 1.54) is 0 Å². The molecule has 6 heteroatoms. The van der Waals surface area contributed by atoms with Crippen molar-refractivity contribution in [2.24, 2.45) is 0 Å². The second-order valence-electron chi connectivity index (χ2n) is 5.34. The molecule has 0 atom stereocenters. The fourth-order valence-corrected chi connectivity index (χ4v) is 2.71. The molecule has 5 nitrogen and oxygen atoms in total. The number of hydrogen-bond acceptors (Lipinski definition) is 3. The lowest BCUT2D eigenvalue weighted by Crippen LogP contribution is -2.36. The molecule has 2 amide bonds. The van der Waals surface area contributed by atoms with Gasteiger partial charge in [0.25, 0.3) is 11.8 Å². The molecule has 0 aromatic heterocycles. The summed E-state index contributed by atoms with van der Waals surface area (Å²) in [5, 5.41) is 5.48. The molecule has 2 N–H and O–H groups in total. The van der Waals surface area contributed by atoms with Crippen LogP contribution in [0.4, 0.5) is 0 Å². The molecule has 25 heavy (non-hydrogen) atoms. The van der Waals surface area contributed by atoms with Crippen molar-refractivity contribution >= 4 is 27.7 Å². The molecular formula is C19H21BrN2O3. The van der Waals surface area contributed by atoms with Crippen molar-refractivity contribution in [1.29, 1.82) is 0 Å². The Bertz CT molecular complexity index is 734. The van der Waals surface area contributed by atoms with Gasteiger partial charge in [0.15, 0.2) is 6.61 Å². The molecule has 0 aliphatic carbocycles. The lowest BCUT2D eigenvalue weighted by Gasteiger charge is -2.11. The summed E-state index contributed by atoms with van der Waals surface area (Å²) in [6.45, 7) is 2.68. The number of rotatable bonds is 8. The van der Waals surface area contributed by atoms with Crippen LogP contribution in [-0.2, 0) is 11.2 Å². The highest BCUT2D eigenvalue weighted by Gasteiger charge is 2.09. The van der Waals surface area contributed by atoms with Gasteiger partial charge >= 0.3 is 0 Å². The third-order valence-electron chi connectivity index (χ3n) is 3.56. The average molecular weight is 405 g/mol. The lowest BCUT2D eigenvalue weighted by molar-refractivity contribution is -0.123. The van der Waals surface area contributed by atoms with Gasteiger partial charge < -0.3 is 15.4 Å². The molecule has 132 valence electrons. The van der Waals surface area contributed by atoms with Gasteiger partial charge in [-0.1, -0.05) is 37.3 Å². The molecule has 2 aromatic carbocycles. The first-order valence-electron chi connectivity index (χ1n) is 8.12. The monoisotopic (exact) mass is 404 g/mol. The third kappa shape index (κ3) is 5.90. The van der Waals surface area contributed by atoms with Crippen molar-refractivity contribution in [2.45, 2.75) is 13.3 Å². The standard InChI is InChI=1S/C19H21BrN2O3/c1-2-14-7-3-6-10-17(14)25-13-18(23)21-11-12-22-19(24)15-8-4-5-9-16(15)20/h3-10H,2,11-13H2,1H3,(H,21,23)(H,22,24). The summed E-state index contributed by atoms with van der Waals surface area (Å²) < 4.78 is 6.28. The Morgan fingerprint density at radius 2 is 1.68 bits per heavy atom. The number of ether oxygens (including phenoxy) is 1. The molecule has 0 saturated heterocycles. The van der Waals surface area contributed by atoms with E-state index in [0.29, 0.717) is 18.7 Å². The maximum absolute atomic E-state index is 12.0. The number of aryl methyl sites for hydroxylation is 1. The van der Waals surface area contributed by atoms with Crippen LogP contribution in [0, 0.1) is 0 Å².